The molecule has 0 aromatic carbocycles. The fraction of sp³-hybridized carbons (Fsp3) is 0.739. The van der Waals surface area contributed by atoms with Crippen molar-refractivity contribution in [2.75, 3.05) is 0 Å². The molecule has 2 atom stereocenters. The number of Topliss-reactive ketones (excluding diaryl/α,β-unsaturated/α-hetero) is 1. The van der Waals surface area contributed by atoms with Gasteiger partial charge in [-0.1, -0.05) is 12.8 Å². The van der Waals surface area contributed by atoms with Crippen LogP contribution < -0.4 is 0 Å². The number of aromatic nitrogens is 1. The third kappa shape index (κ3) is 2.15. The largest absolute Gasteiger partial charge is 0.294 e. The first kappa shape index (κ1) is 14.9. The van der Waals surface area contributed by atoms with Crippen LogP contribution in [0.4, 0.5) is 0 Å². The Kier molecular flexibility index (Phi) is 3.09. The molecule has 0 N–H and O–H groups in total. The van der Waals surface area contributed by atoms with Gasteiger partial charge in [0.1, 0.15) is 0 Å². The van der Waals surface area contributed by atoms with Crippen LogP contribution in [0, 0.1) is 29.6 Å². The monoisotopic (exact) mass is 335 g/mol. The van der Waals surface area contributed by atoms with Crippen molar-refractivity contribution < 1.29 is 4.79 Å². The summed E-state index contributed by atoms with van der Waals surface area (Å²) in [5.41, 5.74) is 3.83. The molecule has 0 spiro atoms. The summed E-state index contributed by atoms with van der Waals surface area (Å²) in [7, 11) is 0. The number of hydrogen-bond acceptors (Lipinski definition) is 2. The van der Waals surface area contributed by atoms with Gasteiger partial charge in [-0.15, -0.1) is 0 Å². The Bertz CT molecular complexity index is 700. The van der Waals surface area contributed by atoms with E-state index in [-0.39, 0.29) is 0 Å². The molecule has 1 aromatic rings. The van der Waals surface area contributed by atoms with Crippen molar-refractivity contribution in [1.29, 1.82) is 0 Å². The van der Waals surface area contributed by atoms with E-state index in [0.29, 0.717) is 23.0 Å². The zero-order chi connectivity index (χ0) is 16.6. The molecule has 1 heterocycles. The third-order valence-electron chi connectivity index (χ3n) is 8.52. The van der Waals surface area contributed by atoms with E-state index in [2.05, 4.69) is 12.1 Å². The molecule has 0 radical (unpaired) electrons. The number of ketones is 1. The van der Waals surface area contributed by atoms with Crippen LogP contribution in [0.5, 0.6) is 0 Å². The van der Waals surface area contributed by atoms with Crippen LogP contribution in [-0.2, 0) is 11.8 Å². The van der Waals surface area contributed by atoms with Gasteiger partial charge in [0.2, 0.25) is 0 Å². The highest BCUT2D eigenvalue weighted by Gasteiger charge is 2.52. The van der Waals surface area contributed by atoms with Crippen LogP contribution in [0.3, 0.4) is 0 Å². The summed E-state index contributed by atoms with van der Waals surface area (Å²) < 4.78 is 0. The number of carbonyl (C=O) groups is 1. The van der Waals surface area contributed by atoms with Gasteiger partial charge in [-0.3, -0.25) is 9.78 Å². The number of pyridine rings is 1. The van der Waals surface area contributed by atoms with Crippen LogP contribution in [0.1, 0.15) is 86.0 Å². The molecule has 6 aliphatic carbocycles. The van der Waals surface area contributed by atoms with Crippen molar-refractivity contribution in [3.05, 3.63) is 29.1 Å². The number of rotatable bonds is 1. The summed E-state index contributed by atoms with van der Waals surface area (Å²) in [6.45, 7) is 0. The van der Waals surface area contributed by atoms with E-state index in [0.717, 1.165) is 41.9 Å². The van der Waals surface area contributed by atoms with Gasteiger partial charge in [0.25, 0.3) is 0 Å². The topological polar surface area (TPSA) is 30.0 Å². The average Bonchev–Trinajstić information content (AvgIpc) is 2.60. The summed E-state index contributed by atoms with van der Waals surface area (Å²) in [6.07, 6.45) is 14.5. The summed E-state index contributed by atoms with van der Waals surface area (Å²) in [6, 6.07) is 4.43. The Morgan fingerprint density at radius 3 is 2.32 bits per heavy atom. The molecule has 0 saturated heterocycles. The summed E-state index contributed by atoms with van der Waals surface area (Å²) >= 11 is 0. The lowest BCUT2D eigenvalue weighted by Crippen LogP contribution is -2.49. The van der Waals surface area contributed by atoms with Gasteiger partial charge < -0.3 is 0 Å². The van der Waals surface area contributed by atoms with E-state index < -0.39 is 0 Å². The number of hydrogen-bond donors (Lipinski definition) is 0. The molecule has 5 saturated carbocycles. The molecule has 25 heavy (non-hydrogen) atoms. The molecular weight excluding hydrogens is 306 g/mol. The van der Waals surface area contributed by atoms with E-state index in [9.17, 15) is 4.79 Å². The van der Waals surface area contributed by atoms with Crippen molar-refractivity contribution >= 4 is 5.78 Å². The molecule has 5 fully saturated rings. The maximum Gasteiger partial charge on any atom is 0.168 e. The van der Waals surface area contributed by atoms with Gasteiger partial charge in [-0.25, -0.2) is 0 Å². The SMILES string of the molecule is O=C1c2ccc(C34CC5CC(CC(C5)C3)C4)nc2CC2CCCCC12. The highest BCUT2D eigenvalue weighted by atomic mass is 16.1. The van der Waals surface area contributed by atoms with E-state index in [1.54, 1.807) is 0 Å². The van der Waals surface area contributed by atoms with Crippen LogP contribution in [0.15, 0.2) is 12.1 Å². The van der Waals surface area contributed by atoms with Gasteiger partial charge in [0.15, 0.2) is 5.78 Å². The molecule has 2 nitrogen and oxygen atoms in total. The number of fused-ring (bicyclic) bond motifs is 2. The number of nitrogens with zero attached hydrogens (tertiary/aromatic N) is 1. The lowest BCUT2D eigenvalue weighted by Gasteiger charge is -2.56. The standard InChI is InChI=1S/C23H29NO/c25-22-18-4-2-1-3-17(18)10-20-19(22)5-6-21(24-20)23-11-14-7-15(12-23)9-16(8-14)13-23/h5-6,14-18H,1-4,7-13H2. The predicted molar refractivity (Wildman–Crippen MR) is 97.6 cm³/mol. The normalized spacial score (nSPS) is 44.5. The molecule has 4 bridgehead atoms. The fourth-order valence-electron chi connectivity index (χ4n) is 7.85. The maximum atomic E-state index is 13.0. The molecule has 132 valence electrons. The van der Waals surface area contributed by atoms with Crippen LogP contribution in [0.25, 0.3) is 0 Å². The Balaban J connectivity index is 1.38. The highest BCUT2D eigenvalue weighted by Crippen LogP contribution is 2.60. The minimum atomic E-state index is 0.299. The summed E-state index contributed by atoms with van der Waals surface area (Å²) in [5, 5.41) is 0. The zero-order valence-electron chi connectivity index (χ0n) is 15.2. The maximum absolute atomic E-state index is 13.0. The van der Waals surface area contributed by atoms with Gasteiger partial charge in [-0.05, 0) is 93.6 Å². The molecular formula is C23H29NO. The second-order valence-corrected chi connectivity index (χ2v) is 10.1. The zero-order valence-corrected chi connectivity index (χ0v) is 15.2. The Morgan fingerprint density at radius 1 is 0.920 bits per heavy atom. The Morgan fingerprint density at radius 2 is 1.60 bits per heavy atom. The second kappa shape index (κ2) is 5.18. The third-order valence-corrected chi connectivity index (χ3v) is 8.52. The van der Waals surface area contributed by atoms with Gasteiger partial charge in [-0.2, -0.15) is 0 Å². The first-order valence-electron chi connectivity index (χ1n) is 10.7. The Hall–Kier alpha value is -1.18. The lowest BCUT2D eigenvalue weighted by molar-refractivity contribution is -0.00736. The summed E-state index contributed by atoms with van der Waals surface area (Å²) in [4.78, 5) is 18.2. The highest BCUT2D eigenvalue weighted by molar-refractivity contribution is 6.00. The van der Waals surface area contributed by atoms with E-state index in [1.807, 2.05) is 0 Å². The van der Waals surface area contributed by atoms with E-state index in [1.165, 1.54) is 63.5 Å². The van der Waals surface area contributed by atoms with E-state index >= 15 is 0 Å². The quantitative estimate of drug-likeness (QED) is 0.715. The molecule has 1 aromatic heterocycles. The van der Waals surface area contributed by atoms with Crippen molar-refractivity contribution in [1.82, 2.24) is 4.98 Å². The van der Waals surface area contributed by atoms with Crippen molar-refractivity contribution in [2.24, 2.45) is 29.6 Å². The van der Waals surface area contributed by atoms with Crippen LogP contribution >= 0.6 is 0 Å². The molecule has 2 heteroatoms. The van der Waals surface area contributed by atoms with Crippen molar-refractivity contribution in [3.8, 4) is 0 Å². The predicted octanol–water partition coefficient (Wildman–Crippen LogP) is 5.09. The molecule has 7 rings (SSSR count). The molecule has 2 unspecified atom stereocenters. The molecule has 6 aliphatic rings. The number of carbonyl (C=O) groups excluding carboxylic acids is 1. The molecule has 0 amide bonds. The first-order chi connectivity index (χ1) is 12.2. The minimum absolute atomic E-state index is 0.299. The second-order valence-electron chi connectivity index (χ2n) is 10.1. The minimum Gasteiger partial charge on any atom is -0.294 e. The average molecular weight is 335 g/mol. The fourth-order valence-corrected chi connectivity index (χ4v) is 7.85. The van der Waals surface area contributed by atoms with Crippen molar-refractivity contribution in [3.63, 3.8) is 0 Å². The smallest absolute Gasteiger partial charge is 0.168 e. The van der Waals surface area contributed by atoms with E-state index in [4.69, 9.17) is 4.98 Å². The van der Waals surface area contributed by atoms with Crippen LogP contribution in [0.2, 0.25) is 0 Å². The van der Waals surface area contributed by atoms with Gasteiger partial charge >= 0.3 is 0 Å². The lowest BCUT2D eigenvalue weighted by atomic mass is 9.48. The van der Waals surface area contributed by atoms with Crippen molar-refractivity contribution in [2.45, 2.75) is 76.0 Å². The van der Waals surface area contributed by atoms with Gasteiger partial charge in [0, 0.05) is 22.6 Å². The van der Waals surface area contributed by atoms with Gasteiger partial charge in [0.05, 0.1) is 5.69 Å². The Labute approximate surface area is 150 Å². The van der Waals surface area contributed by atoms with Crippen LogP contribution in [-0.4, -0.2) is 10.8 Å². The first-order valence-corrected chi connectivity index (χ1v) is 10.7. The summed E-state index contributed by atoms with van der Waals surface area (Å²) in [5.74, 6) is 4.15. The molecule has 0 aliphatic heterocycles.